The van der Waals surface area contributed by atoms with Crippen molar-refractivity contribution < 1.29 is 18.7 Å². The Kier molecular flexibility index (Phi) is 9.46. The highest BCUT2D eigenvalue weighted by Gasteiger charge is 2.39. The zero-order chi connectivity index (χ0) is 25.3. The SMILES string of the molecule is C/C=C\OCc1cc2n(n1)CC(C)(C)N(Cc1ccc(F)cc1)C2=O.O=CNC1CCCCCC1. The number of carbonyl (C=O) groups excluding carboxylic acids is 2. The molecule has 0 bridgehead atoms. The summed E-state index contributed by atoms with van der Waals surface area (Å²) in [5.74, 6) is -0.359. The van der Waals surface area contributed by atoms with Crippen molar-refractivity contribution in [3.63, 3.8) is 0 Å². The Morgan fingerprint density at radius 2 is 1.86 bits per heavy atom. The van der Waals surface area contributed by atoms with Crippen LogP contribution in [0.3, 0.4) is 0 Å². The minimum Gasteiger partial charge on any atom is -0.495 e. The van der Waals surface area contributed by atoms with Crippen LogP contribution in [-0.2, 0) is 29.2 Å². The maximum Gasteiger partial charge on any atom is 0.272 e. The highest BCUT2D eigenvalue weighted by Crippen LogP contribution is 2.28. The van der Waals surface area contributed by atoms with Gasteiger partial charge in [-0.05, 0) is 57.4 Å². The Hall–Kier alpha value is -3.16. The lowest BCUT2D eigenvalue weighted by atomic mass is 9.98. The van der Waals surface area contributed by atoms with Crippen LogP contribution in [-0.4, -0.2) is 38.6 Å². The van der Waals surface area contributed by atoms with Gasteiger partial charge >= 0.3 is 0 Å². The topological polar surface area (TPSA) is 76.5 Å². The largest absolute Gasteiger partial charge is 0.495 e. The van der Waals surface area contributed by atoms with E-state index in [1.807, 2.05) is 25.7 Å². The van der Waals surface area contributed by atoms with Crippen molar-refractivity contribution in [3.05, 3.63) is 65.4 Å². The maximum atomic E-state index is 13.1. The van der Waals surface area contributed by atoms with E-state index in [4.69, 9.17) is 4.74 Å². The Bertz CT molecular complexity index is 992. The van der Waals surface area contributed by atoms with Gasteiger partial charge in [0.2, 0.25) is 6.41 Å². The summed E-state index contributed by atoms with van der Waals surface area (Å²) < 4.78 is 20.2. The average Bonchev–Trinajstić information content (AvgIpc) is 3.04. The van der Waals surface area contributed by atoms with Crippen molar-refractivity contribution in [1.82, 2.24) is 20.0 Å². The smallest absolute Gasteiger partial charge is 0.272 e. The number of amides is 2. The molecule has 2 aliphatic rings. The van der Waals surface area contributed by atoms with Crippen LogP contribution in [0, 0.1) is 5.82 Å². The minimum absolute atomic E-state index is 0.0784. The van der Waals surface area contributed by atoms with E-state index in [2.05, 4.69) is 10.4 Å². The fraction of sp³-hybridized carbons (Fsp3) is 0.519. The van der Waals surface area contributed by atoms with Gasteiger partial charge in [0.25, 0.3) is 5.91 Å². The highest BCUT2D eigenvalue weighted by atomic mass is 19.1. The van der Waals surface area contributed by atoms with Crippen molar-refractivity contribution >= 4 is 12.3 Å². The van der Waals surface area contributed by atoms with Crippen molar-refractivity contribution in [2.45, 2.75) is 90.6 Å². The lowest BCUT2D eigenvalue weighted by Gasteiger charge is -2.42. The van der Waals surface area contributed by atoms with Crippen LogP contribution in [0.2, 0.25) is 0 Å². The van der Waals surface area contributed by atoms with E-state index in [1.165, 1.54) is 50.7 Å². The molecule has 0 atom stereocenters. The van der Waals surface area contributed by atoms with Crippen molar-refractivity contribution in [1.29, 1.82) is 0 Å². The molecule has 2 aromatic rings. The zero-order valence-corrected chi connectivity index (χ0v) is 21.0. The number of benzene rings is 1. The van der Waals surface area contributed by atoms with E-state index in [-0.39, 0.29) is 11.7 Å². The van der Waals surface area contributed by atoms with Gasteiger partial charge in [0.15, 0.2) is 0 Å². The molecular weight excluding hydrogens is 447 g/mol. The van der Waals surface area contributed by atoms with Crippen molar-refractivity contribution in [2.24, 2.45) is 0 Å². The first-order chi connectivity index (χ1) is 16.8. The van der Waals surface area contributed by atoms with Crippen LogP contribution >= 0.6 is 0 Å². The fourth-order valence-electron chi connectivity index (χ4n) is 4.53. The van der Waals surface area contributed by atoms with E-state index in [9.17, 15) is 14.0 Å². The first kappa shape index (κ1) is 26.4. The lowest BCUT2D eigenvalue weighted by molar-refractivity contribution is -0.110. The van der Waals surface area contributed by atoms with E-state index in [0.717, 1.165) is 17.7 Å². The molecule has 0 unspecified atom stereocenters. The van der Waals surface area contributed by atoms with E-state index in [0.29, 0.717) is 31.4 Å². The third kappa shape index (κ3) is 7.41. The summed E-state index contributed by atoms with van der Waals surface area (Å²) in [4.78, 5) is 24.9. The molecular formula is C27H37FN4O3. The first-order valence-corrected chi connectivity index (χ1v) is 12.4. The predicted molar refractivity (Wildman–Crippen MR) is 133 cm³/mol. The van der Waals surface area contributed by atoms with Crippen molar-refractivity contribution in [3.8, 4) is 0 Å². The molecule has 35 heavy (non-hydrogen) atoms. The van der Waals surface area contributed by atoms with Crippen LogP contribution in [0.1, 0.15) is 81.0 Å². The van der Waals surface area contributed by atoms with E-state index in [1.54, 1.807) is 35.2 Å². The molecule has 1 saturated carbocycles. The third-order valence-electron chi connectivity index (χ3n) is 6.44. The summed E-state index contributed by atoms with van der Waals surface area (Å²) in [6, 6.07) is 8.50. The van der Waals surface area contributed by atoms with Gasteiger partial charge in [-0.2, -0.15) is 5.10 Å². The summed E-state index contributed by atoms with van der Waals surface area (Å²) in [5, 5.41) is 7.33. The maximum absolute atomic E-state index is 13.1. The Labute approximate surface area is 207 Å². The number of hydrogen-bond acceptors (Lipinski definition) is 4. The van der Waals surface area contributed by atoms with Gasteiger partial charge in [0, 0.05) is 12.6 Å². The molecule has 0 spiro atoms. The van der Waals surface area contributed by atoms with Gasteiger partial charge in [0.05, 0.1) is 18.3 Å². The standard InChI is InChI=1S/C19H22FN3O2.C8H15NO/c1-4-9-25-12-16-10-17-18(24)22(19(2,3)13-23(17)21-16)11-14-5-7-15(20)8-6-14;10-7-9-8-5-3-1-2-4-6-8/h4-10H,11-13H2,1-3H3;7-8H,1-6H2,(H,9,10)/b9-4-;. The van der Waals surface area contributed by atoms with Gasteiger partial charge in [0.1, 0.15) is 23.8 Å². The Morgan fingerprint density at radius 3 is 2.49 bits per heavy atom. The summed E-state index contributed by atoms with van der Waals surface area (Å²) in [5.41, 5.74) is 1.78. The molecule has 0 radical (unpaired) electrons. The molecule has 1 fully saturated rings. The normalized spacial score (nSPS) is 17.8. The van der Waals surface area contributed by atoms with Crippen molar-refractivity contribution in [2.75, 3.05) is 0 Å². The van der Waals surface area contributed by atoms with E-state index < -0.39 is 5.54 Å². The molecule has 8 heteroatoms. The molecule has 7 nitrogen and oxygen atoms in total. The van der Waals surface area contributed by atoms with Crippen LogP contribution in [0.5, 0.6) is 0 Å². The average molecular weight is 485 g/mol. The Morgan fingerprint density at radius 1 is 1.17 bits per heavy atom. The summed E-state index contributed by atoms with van der Waals surface area (Å²) in [7, 11) is 0. The molecule has 2 heterocycles. The number of ether oxygens (including phenoxy) is 1. The number of nitrogens with one attached hydrogen (secondary N) is 1. The summed E-state index contributed by atoms with van der Waals surface area (Å²) >= 11 is 0. The number of halogens is 1. The molecule has 1 aliphatic carbocycles. The molecule has 1 N–H and O–H groups in total. The molecule has 2 amide bonds. The van der Waals surface area contributed by atoms with Crippen LogP contribution in [0.4, 0.5) is 4.39 Å². The monoisotopic (exact) mass is 484 g/mol. The quantitative estimate of drug-likeness (QED) is 0.342. The minimum atomic E-state index is -0.397. The van der Waals surface area contributed by atoms with Gasteiger partial charge in [-0.1, -0.05) is 43.9 Å². The summed E-state index contributed by atoms with van der Waals surface area (Å²) in [6.45, 7) is 7.25. The fourth-order valence-corrected chi connectivity index (χ4v) is 4.53. The third-order valence-corrected chi connectivity index (χ3v) is 6.44. The van der Waals surface area contributed by atoms with E-state index >= 15 is 0 Å². The zero-order valence-electron chi connectivity index (χ0n) is 21.0. The number of carbonyl (C=O) groups is 2. The number of nitrogens with zero attached hydrogens (tertiary/aromatic N) is 3. The van der Waals surface area contributed by atoms with Gasteiger partial charge in [-0.15, -0.1) is 0 Å². The molecule has 190 valence electrons. The second kappa shape index (κ2) is 12.5. The van der Waals surface area contributed by atoms with Gasteiger partial charge in [-0.3, -0.25) is 14.3 Å². The molecule has 1 aliphatic heterocycles. The van der Waals surface area contributed by atoms with Crippen LogP contribution in [0.15, 0.2) is 42.7 Å². The highest BCUT2D eigenvalue weighted by molar-refractivity contribution is 5.94. The number of hydrogen-bond donors (Lipinski definition) is 1. The first-order valence-electron chi connectivity index (χ1n) is 12.4. The molecule has 0 saturated heterocycles. The lowest BCUT2D eigenvalue weighted by Crippen LogP contribution is -2.54. The van der Waals surface area contributed by atoms with Gasteiger partial charge < -0.3 is 15.0 Å². The molecule has 4 rings (SSSR count). The molecule has 1 aromatic heterocycles. The van der Waals surface area contributed by atoms with Crippen LogP contribution < -0.4 is 5.32 Å². The second-order valence-electron chi connectivity index (χ2n) is 9.76. The van der Waals surface area contributed by atoms with Gasteiger partial charge in [-0.25, -0.2) is 4.39 Å². The summed E-state index contributed by atoms with van der Waals surface area (Å²) in [6.07, 6.45) is 11.8. The predicted octanol–water partition coefficient (Wildman–Crippen LogP) is 4.96. The molecule has 1 aromatic carbocycles. The van der Waals surface area contributed by atoms with Crippen LogP contribution in [0.25, 0.3) is 0 Å². The Balaban J connectivity index is 0.000000287. The number of allylic oxidation sites excluding steroid dienone is 1. The number of rotatable bonds is 7. The number of fused-ring (bicyclic) bond motifs is 1. The second-order valence-corrected chi connectivity index (χ2v) is 9.76. The number of aromatic nitrogens is 2.